The van der Waals surface area contributed by atoms with Crippen molar-refractivity contribution < 1.29 is 19.3 Å². The zero-order chi connectivity index (χ0) is 14.5. The van der Waals surface area contributed by atoms with E-state index in [4.69, 9.17) is 10.5 Å². The lowest BCUT2D eigenvalue weighted by Gasteiger charge is -2.30. The minimum absolute atomic E-state index is 0.0646. The van der Waals surface area contributed by atoms with Gasteiger partial charge in [-0.15, -0.1) is 0 Å². The Balaban J connectivity index is 1.93. The molecule has 0 spiro atoms. The second-order valence-corrected chi connectivity index (χ2v) is 5.38. The highest BCUT2D eigenvalue weighted by molar-refractivity contribution is 5.26. The van der Waals surface area contributed by atoms with Crippen molar-refractivity contribution in [2.75, 3.05) is 12.3 Å². The summed E-state index contributed by atoms with van der Waals surface area (Å²) < 4.78 is 20.1. The van der Waals surface area contributed by atoms with Crippen LogP contribution in [0, 0.1) is 11.7 Å². The molecule has 3 rings (SSSR count). The van der Waals surface area contributed by atoms with Crippen LogP contribution in [-0.4, -0.2) is 38.1 Å². The van der Waals surface area contributed by atoms with Gasteiger partial charge in [-0.3, -0.25) is 4.57 Å². The predicted octanol–water partition coefficient (Wildman–Crippen LogP) is -0.615. The number of nitrogen functional groups attached to an aromatic ring is 1. The molecule has 0 aromatic carbocycles. The molecule has 3 atom stereocenters. The fourth-order valence-electron chi connectivity index (χ4n) is 2.82. The number of nitrogens with zero attached hydrogens (tertiary/aromatic N) is 2. The van der Waals surface area contributed by atoms with Crippen LogP contribution in [0.2, 0.25) is 0 Å². The standard InChI is InChI=1S/C12H16FN3O4/c13-7-4-16(11(19)15-10(7)14)9-3-8(18)12(5-17,20-9)6-1-2-6/h4,6,8-9,17-18H,1-3,5H2,(H2,14,15,19)/t8-,9+,12-/m0/s1. The summed E-state index contributed by atoms with van der Waals surface area (Å²) >= 11 is 0. The monoisotopic (exact) mass is 285 g/mol. The Labute approximate surface area is 113 Å². The van der Waals surface area contributed by atoms with Crippen LogP contribution in [0.15, 0.2) is 11.0 Å². The van der Waals surface area contributed by atoms with Gasteiger partial charge in [0.05, 0.1) is 18.9 Å². The highest BCUT2D eigenvalue weighted by Crippen LogP contribution is 2.50. The van der Waals surface area contributed by atoms with E-state index < -0.39 is 35.3 Å². The van der Waals surface area contributed by atoms with Crippen LogP contribution in [0.25, 0.3) is 0 Å². The van der Waals surface area contributed by atoms with Crippen molar-refractivity contribution in [3.8, 4) is 0 Å². The van der Waals surface area contributed by atoms with E-state index in [0.717, 1.165) is 23.6 Å². The van der Waals surface area contributed by atoms with Crippen molar-refractivity contribution in [1.82, 2.24) is 9.55 Å². The summed E-state index contributed by atoms with van der Waals surface area (Å²) in [6.45, 7) is -0.338. The van der Waals surface area contributed by atoms with Crippen molar-refractivity contribution in [3.05, 3.63) is 22.5 Å². The van der Waals surface area contributed by atoms with Gasteiger partial charge < -0.3 is 20.7 Å². The van der Waals surface area contributed by atoms with Crippen molar-refractivity contribution in [2.24, 2.45) is 5.92 Å². The third kappa shape index (κ3) is 1.91. The van der Waals surface area contributed by atoms with Crippen LogP contribution >= 0.6 is 0 Å². The topological polar surface area (TPSA) is 111 Å². The van der Waals surface area contributed by atoms with Gasteiger partial charge in [0.15, 0.2) is 11.6 Å². The summed E-state index contributed by atoms with van der Waals surface area (Å²) in [6, 6.07) is 0. The smallest absolute Gasteiger partial charge is 0.351 e. The number of halogens is 1. The van der Waals surface area contributed by atoms with Crippen LogP contribution in [0.5, 0.6) is 0 Å². The maximum Gasteiger partial charge on any atom is 0.351 e. The van der Waals surface area contributed by atoms with Crippen molar-refractivity contribution in [2.45, 2.75) is 37.2 Å². The van der Waals surface area contributed by atoms with Crippen LogP contribution in [0.1, 0.15) is 25.5 Å². The number of nitrogens with two attached hydrogens (primary N) is 1. The molecule has 1 aromatic rings. The van der Waals surface area contributed by atoms with E-state index in [1.165, 1.54) is 0 Å². The Morgan fingerprint density at radius 2 is 2.30 bits per heavy atom. The van der Waals surface area contributed by atoms with Crippen molar-refractivity contribution in [1.29, 1.82) is 0 Å². The Bertz CT molecular complexity index is 589. The van der Waals surface area contributed by atoms with Gasteiger partial charge in [-0.05, 0) is 18.8 Å². The molecule has 110 valence electrons. The first-order chi connectivity index (χ1) is 9.48. The molecule has 0 unspecified atom stereocenters. The van der Waals surface area contributed by atoms with E-state index in [1.54, 1.807) is 0 Å². The quantitative estimate of drug-likeness (QED) is 0.683. The Morgan fingerprint density at radius 1 is 1.60 bits per heavy atom. The predicted molar refractivity (Wildman–Crippen MR) is 66.2 cm³/mol. The van der Waals surface area contributed by atoms with Gasteiger partial charge in [-0.2, -0.15) is 4.98 Å². The molecule has 0 amide bonds. The maximum atomic E-state index is 13.4. The van der Waals surface area contributed by atoms with Gasteiger partial charge >= 0.3 is 5.69 Å². The summed E-state index contributed by atoms with van der Waals surface area (Å²) in [6.07, 6.45) is 0.969. The lowest BCUT2D eigenvalue weighted by Crippen LogP contribution is -2.45. The molecule has 2 heterocycles. The van der Waals surface area contributed by atoms with Crippen molar-refractivity contribution in [3.63, 3.8) is 0 Å². The van der Waals surface area contributed by atoms with Gasteiger partial charge in [0.2, 0.25) is 0 Å². The molecule has 1 saturated carbocycles. The van der Waals surface area contributed by atoms with Gasteiger partial charge in [0, 0.05) is 6.42 Å². The minimum atomic E-state index is -1.07. The van der Waals surface area contributed by atoms with Crippen LogP contribution in [0.4, 0.5) is 10.2 Å². The van der Waals surface area contributed by atoms with E-state index in [0.29, 0.717) is 0 Å². The number of hydrogen-bond donors (Lipinski definition) is 3. The molecule has 0 bridgehead atoms. The molecule has 7 nitrogen and oxygen atoms in total. The molecule has 8 heteroatoms. The third-order valence-corrected chi connectivity index (χ3v) is 4.10. The zero-order valence-corrected chi connectivity index (χ0v) is 10.7. The van der Waals surface area contributed by atoms with Gasteiger partial charge in [-0.1, -0.05) is 0 Å². The molecule has 2 aliphatic rings. The number of aromatic nitrogens is 2. The molecule has 4 N–H and O–H groups in total. The summed E-state index contributed by atoms with van der Waals surface area (Å²) in [5.41, 5.74) is 3.41. The average Bonchev–Trinajstić information content (AvgIpc) is 3.19. The molecular formula is C12H16FN3O4. The first-order valence-corrected chi connectivity index (χ1v) is 6.49. The summed E-state index contributed by atoms with van der Waals surface area (Å²) in [7, 11) is 0. The molecule has 20 heavy (non-hydrogen) atoms. The van der Waals surface area contributed by atoms with Gasteiger partial charge in [0.25, 0.3) is 0 Å². The second-order valence-electron chi connectivity index (χ2n) is 5.38. The zero-order valence-electron chi connectivity index (χ0n) is 10.7. The molecule has 1 saturated heterocycles. The SMILES string of the molecule is Nc1nc(=O)n([C@H]2C[C@H](O)[C@](CO)(C3CC3)O2)cc1F. The number of ether oxygens (including phenoxy) is 1. The minimum Gasteiger partial charge on any atom is -0.393 e. The van der Waals surface area contributed by atoms with Crippen LogP contribution in [-0.2, 0) is 4.74 Å². The van der Waals surface area contributed by atoms with E-state index in [-0.39, 0.29) is 18.9 Å². The number of anilines is 1. The maximum absolute atomic E-state index is 13.4. The first-order valence-electron chi connectivity index (χ1n) is 6.49. The molecule has 1 aliphatic heterocycles. The van der Waals surface area contributed by atoms with Gasteiger partial charge in [0.1, 0.15) is 11.8 Å². The largest absolute Gasteiger partial charge is 0.393 e. The summed E-state index contributed by atoms with van der Waals surface area (Å²) in [5.74, 6) is -1.23. The number of hydrogen-bond acceptors (Lipinski definition) is 6. The summed E-state index contributed by atoms with van der Waals surface area (Å²) in [4.78, 5) is 15.1. The third-order valence-electron chi connectivity index (χ3n) is 4.10. The Kier molecular flexibility index (Phi) is 3.03. The van der Waals surface area contributed by atoms with Crippen LogP contribution in [0.3, 0.4) is 0 Å². The average molecular weight is 285 g/mol. The van der Waals surface area contributed by atoms with E-state index in [1.807, 2.05) is 0 Å². The van der Waals surface area contributed by atoms with Crippen LogP contribution < -0.4 is 11.4 Å². The second kappa shape index (κ2) is 4.51. The van der Waals surface area contributed by atoms with Gasteiger partial charge in [-0.25, -0.2) is 9.18 Å². The highest BCUT2D eigenvalue weighted by Gasteiger charge is 2.57. The fraction of sp³-hybridized carbons (Fsp3) is 0.667. The lowest BCUT2D eigenvalue weighted by atomic mass is 9.92. The fourth-order valence-corrected chi connectivity index (χ4v) is 2.82. The molecular weight excluding hydrogens is 269 g/mol. The van der Waals surface area contributed by atoms with E-state index in [2.05, 4.69) is 4.98 Å². The molecule has 1 aliphatic carbocycles. The first kappa shape index (κ1) is 13.5. The van der Waals surface area contributed by atoms with E-state index in [9.17, 15) is 19.4 Å². The normalized spacial score (nSPS) is 33.5. The number of aliphatic hydroxyl groups is 2. The lowest BCUT2D eigenvalue weighted by molar-refractivity contribution is -0.141. The molecule has 0 radical (unpaired) electrons. The number of aliphatic hydroxyl groups excluding tert-OH is 2. The molecule has 2 fully saturated rings. The Hall–Kier alpha value is -1.51. The highest BCUT2D eigenvalue weighted by atomic mass is 19.1. The molecule has 1 aromatic heterocycles. The van der Waals surface area contributed by atoms with E-state index >= 15 is 0 Å². The Morgan fingerprint density at radius 3 is 2.90 bits per heavy atom. The number of rotatable bonds is 3. The summed E-state index contributed by atoms with van der Waals surface area (Å²) in [5, 5.41) is 19.7. The van der Waals surface area contributed by atoms with Crippen molar-refractivity contribution >= 4 is 5.82 Å².